The maximum absolute atomic E-state index is 13.7. The van der Waals surface area contributed by atoms with Crippen molar-refractivity contribution in [3.05, 3.63) is 47.9 Å². The van der Waals surface area contributed by atoms with E-state index in [1.807, 2.05) is 12.1 Å². The van der Waals surface area contributed by atoms with Gasteiger partial charge in [-0.3, -0.25) is 4.90 Å². The van der Waals surface area contributed by atoms with Gasteiger partial charge in [0.25, 0.3) is 0 Å². The van der Waals surface area contributed by atoms with Gasteiger partial charge in [0.2, 0.25) is 5.88 Å². The number of pyridine rings is 1. The molecule has 0 unspecified atom stereocenters. The number of fused-ring (bicyclic) bond motifs is 2. The fraction of sp³-hybridized carbons (Fsp3) is 0.520. The van der Waals surface area contributed by atoms with Crippen LogP contribution in [0.2, 0.25) is 0 Å². The van der Waals surface area contributed by atoms with E-state index < -0.39 is 0 Å². The highest BCUT2D eigenvalue weighted by Crippen LogP contribution is 2.31. The molecule has 174 valence electrons. The highest BCUT2D eigenvalue weighted by Gasteiger charge is 2.34. The molecule has 2 aromatic heterocycles. The molecule has 3 aliphatic rings. The van der Waals surface area contributed by atoms with Gasteiger partial charge >= 0.3 is 0 Å². The Balaban J connectivity index is 1.03. The third-order valence-corrected chi connectivity index (χ3v) is 7.12. The van der Waals surface area contributed by atoms with Crippen LogP contribution in [0.15, 0.2) is 40.9 Å². The van der Waals surface area contributed by atoms with Gasteiger partial charge in [0.1, 0.15) is 5.82 Å². The normalized spacial score (nSPS) is 23.6. The molecule has 2 saturated heterocycles. The summed E-state index contributed by atoms with van der Waals surface area (Å²) in [5.74, 6) is 1.73. The number of piperidine rings is 1. The lowest BCUT2D eigenvalue weighted by atomic mass is 9.91. The average Bonchev–Trinajstić information content (AvgIpc) is 3.59. The summed E-state index contributed by atoms with van der Waals surface area (Å²) in [6.07, 6.45) is 4.81. The zero-order valence-electron chi connectivity index (χ0n) is 18.8. The van der Waals surface area contributed by atoms with Crippen molar-refractivity contribution in [2.45, 2.75) is 44.3 Å². The van der Waals surface area contributed by atoms with Crippen LogP contribution in [0, 0.1) is 11.7 Å². The predicted octanol–water partition coefficient (Wildman–Crippen LogP) is 3.59. The van der Waals surface area contributed by atoms with Crippen molar-refractivity contribution in [1.82, 2.24) is 20.4 Å². The molecule has 0 radical (unpaired) electrons. The predicted molar refractivity (Wildman–Crippen MR) is 124 cm³/mol. The van der Waals surface area contributed by atoms with Crippen molar-refractivity contribution < 1.29 is 13.7 Å². The Hall–Kier alpha value is -2.71. The van der Waals surface area contributed by atoms with Gasteiger partial charge in [-0.1, -0.05) is 11.2 Å². The van der Waals surface area contributed by atoms with E-state index in [1.54, 1.807) is 6.07 Å². The Kier molecular flexibility index (Phi) is 5.63. The monoisotopic (exact) mass is 451 g/mol. The summed E-state index contributed by atoms with van der Waals surface area (Å²) in [5.41, 5.74) is 1.68. The number of hydrogen-bond acceptors (Lipinski definition) is 7. The number of benzene rings is 1. The van der Waals surface area contributed by atoms with Crippen molar-refractivity contribution >= 4 is 16.8 Å². The Morgan fingerprint density at radius 3 is 2.94 bits per heavy atom. The first-order valence-corrected chi connectivity index (χ1v) is 12.1. The third-order valence-electron chi connectivity index (χ3n) is 7.12. The molecule has 4 heterocycles. The second-order valence-corrected chi connectivity index (χ2v) is 9.62. The third kappa shape index (κ3) is 4.68. The molecular weight excluding hydrogens is 421 g/mol. The van der Waals surface area contributed by atoms with Gasteiger partial charge in [-0.2, -0.15) is 0 Å². The summed E-state index contributed by atoms with van der Waals surface area (Å²) in [5, 5.41) is 8.51. The second kappa shape index (κ2) is 8.91. The summed E-state index contributed by atoms with van der Waals surface area (Å²) >= 11 is 0. The Morgan fingerprint density at radius 2 is 2.03 bits per heavy atom. The average molecular weight is 452 g/mol. The number of halogens is 1. The molecule has 3 fully saturated rings. The van der Waals surface area contributed by atoms with E-state index in [1.165, 1.54) is 25.0 Å². The molecule has 1 aliphatic carbocycles. The van der Waals surface area contributed by atoms with Crippen LogP contribution in [-0.2, 0) is 6.54 Å². The van der Waals surface area contributed by atoms with E-state index in [2.05, 4.69) is 31.3 Å². The fourth-order valence-corrected chi connectivity index (χ4v) is 5.09. The number of ether oxygens (including phenoxy) is 1. The van der Waals surface area contributed by atoms with Gasteiger partial charge in [-0.15, -0.1) is 0 Å². The molecule has 2 aliphatic heterocycles. The molecule has 1 N–H and O–H groups in total. The van der Waals surface area contributed by atoms with Gasteiger partial charge in [0.05, 0.1) is 17.7 Å². The molecule has 6 rings (SSSR count). The summed E-state index contributed by atoms with van der Waals surface area (Å²) < 4.78 is 25.3. The molecule has 1 aromatic carbocycles. The van der Waals surface area contributed by atoms with Crippen LogP contribution in [-0.4, -0.2) is 59.9 Å². The van der Waals surface area contributed by atoms with Crippen LogP contribution in [0.25, 0.3) is 11.0 Å². The second-order valence-electron chi connectivity index (χ2n) is 9.62. The first kappa shape index (κ1) is 20.9. The lowest BCUT2D eigenvalue weighted by Crippen LogP contribution is -2.57. The molecular formula is C25H30FN5O2. The lowest BCUT2D eigenvalue weighted by molar-refractivity contribution is 0.0716. The van der Waals surface area contributed by atoms with E-state index in [0.717, 1.165) is 68.3 Å². The Labute approximate surface area is 192 Å². The standard InChI is InChI=1S/C25H30FN5O2/c26-18-5-9-23-22(12-18)25(29-33-23)31-11-10-30-14-17(4-8-21(30)15-31)16-32-24-3-1-2-20(28-24)13-27-19-6-7-19/h1-3,5,9,12,17,19,21,27H,4,6-8,10-11,13-16H2/t17-,21+/m1/s1. The van der Waals surface area contributed by atoms with Crippen molar-refractivity contribution in [1.29, 1.82) is 0 Å². The van der Waals surface area contributed by atoms with Gasteiger partial charge in [-0.05, 0) is 49.9 Å². The summed E-state index contributed by atoms with van der Waals surface area (Å²) in [4.78, 5) is 9.47. The molecule has 2 atom stereocenters. The van der Waals surface area contributed by atoms with E-state index >= 15 is 0 Å². The molecule has 1 saturated carbocycles. The molecule has 7 nitrogen and oxygen atoms in total. The summed E-state index contributed by atoms with van der Waals surface area (Å²) in [6, 6.07) is 11.8. The lowest BCUT2D eigenvalue weighted by Gasteiger charge is -2.46. The maximum Gasteiger partial charge on any atom is 0.213 e. The van der Waals surface area contributed by atoms with E-state index in [-0.39, 0.29) is 5.82 Å². The molecule has 33 heavy (non-hydrogen) atoms. The van der Waals surface area contributed by atoms with E-state index in [0.29, 0.717) is 30.2 Å². The zero-order chi connectivity index (χ0) is 22.2. The number of rotatable bonds is 7. The van der Waals surface area contributed by atoms with Crippen LogP contribution < -0.4 is 15.0 Å². The maximum atomic E-state index is 13.7. The summed E-state index contributed by atoms with van der Waals surface area (Å²) in [7, 11) is 0. The highest BCUT2D eigenvalue weighted by atomic mass is 19.1. The van der Waals surface area contributed by atoms with E-state index in [4.69, 9.17) is 9.26 Å². The van der Waals surface area contributed by atoms with Crippen molar-refractivity contribution in [3.63, 3.8) is 0 Å². The quantitative estimate of drug-likeness (QED) is 0.589. The number of nitrogens with one attached hydrogen (secondary N) is 1. The first-order valence-electron chi connectivity index (χ1n) is 12.1. The number of hydrogen-bond donors (Lipinski definition) is 1. The molecule has 0 spiro atoms. The van der Waals surface area contributed by atoms with Crippen molar-refractivity contribution in [2.75, 3.05) is 37.7 Å². The van der Waals surface area contributed by atoms with Crippen LogP contribution in [0.4, 0.5) is 10.2 Å². The van der Waals surface area contributed by atoms with Gasteiger partial charge in [0.15, 0.2) is 11.4 Å². The first-order chi connectivity index (χ1) is 16.2. The SMILES string of the molecule is Fc1ccc2onc(N3CCN4C[C@H](COc5cccc(CNC6CC6)n5)CC[C@H]4C3)c2c1. The fourth-order valence-electron chi connectivity index (χ4n) is 5.09. The van der Waals surface area contributed by atoms with E-state index in [9.17, 15) is 4.39 Å². The Morgan fingerprint density at radius 1 is 1.09 bits per heavy atom. The van der Waals surface area contributed by atoms with Crippen molar-refractivity contribution in [2.24, 2.45) is 5.92 Å². The minimum Gasteiger partial charge on any atom is -0.477 e. The topological polar surface area (TPSA) is 66.7 Å². The number of piperazine rings is 1. The Bertz CT molecular complexity index is 1120. The minimum atomic E-state index is -0.259. The van der Waals surface area contributed by atoms with Crippen LogP contribution in [0.3, 0.4) is 0 Å². The van der Waals surface area contributed by atoms with Gasteiger partial charge in [0, 0.05) is 56.8 Å². The zero-order valence-corrected chi connectivity index (χ0v) is 18.8. The highest BCUT2D eigenvalue weighted by molar-refractivity contribution is 5.88. The van der Waals surface area contributed by atoms with Gasteiger partial charge < -0.3 is 19.5 Å². The van der Waals surface area contributed by atoms with Crippen LogP contribution >= 0.6 is 0 Å². The van der Waals surface area contributed by atoms with Crippen LogP contribution in [0.1, 0.15) is 31.4 Å². The minimum absolute atomic E-state index is 0.259. The molecule has 3 aromatic rings. The summed E-state index contributed by atoms with van der Waals surface area (Å²) in [6.45, 7) is 5.27. The largest absolute Gasteiger partial charge is 0.477 e. The number of anilines is 1. The molecule has 0 amide bonds. The number of aromatic nitrogens is 2. The molecule has 8 heteroatoms. The molecule has 0 bridgehead atoms. The van der Waals surface area contributed by atoms with Crippen LogP contribution in [0.5, 0.6) is 5.88 Å². The van der Waals surface area contributed by atoms with Crippen molar-refractivity contribution in [3.8, 4) is 5.88 Å². The smallest absolute Gasteiger partial charge is 0.213 e. The van der Waals surface area contributed by atoms with Gasteiger partial charge in [-0.25, -0.2) is 9.37 Å². The number of nitrogens with zero attached hydrogens (tertiary/aromatic N) is 4.